The quantitative estimate of drug-likeness (QED) is 0.832. The summed E-state index contributed by atoms with van der Waals surface area (Å²) in [4.78, 5) is 0. The highest BCUT2D eigenvalue weighted by molar-refractivity contribution is 5.26. The normalized spacial score (nSPS) is 24.8. The van der Waals surface area contributed by atoms with E-state index in [1.807, 2.05) is 0 Å². The first kappa shape index (κ1) is 12.6. The van der Waals surface area contributed by atoms with Gasteiger partial charge in [0.05, 0.1) is 0 Å². The van der Waals surface area contributed by atoms with Crippen molar-refractivity contribution in [2.75, 3.05) is 13.6 Å². The molecule has 1 aromatic carbocycles. The SMILES string of the molecule is CCc1ccc(C2CCCCC2CNC)cc1. The zero-order chi connectivity index (χ0) is 12.1. The van der Waals surface area contributed by atoms with Crippen molar-refractivity contribution in [3.8, 4) is 0 Å². The molecule has 1 aliphatic rings. The zero-order valence-corrected chi connectivity index (χ0v) is 11.2. The maximum absolute atomic E-state index is 3.36. The van der Waals surface area contributed by atoms with E-state index in [4.69, 9.17) is 0 Å². The van der Waals surface area contributed by atoms with E-state index in [2.05, 4.69) is 43.6 Å². The molecule has 0 bridgehead atoms. The maximum Gasteiger partial charge on any atom is -0.00177 e. The van der Waals surface area contributed by atoms with Crippen LogP contribution in [0.25, 0.3) is 0 Å². The second-order valence-corrected chi connectivity index (χ2v) is 5.30. The van der Waals surface area contributed by atoms with Gasteiger partial charge in [-0.15, -0.1) is 0 Å². The summed E-state index contributed by atoms with van der Waals surface area (Å²) < 4.78 is 0. The highest BCUT2D eigenvalue weighted by Gasteiger charge is 2.25. The maximum atomic E-state index is 3.36. The van der Waals surface area contributed by atoms with E-state index in [-0.39, 0.29) is 0 Å². The van der Waals surface area contributed by atoms with E-state index in [0.29, 0.717) is 0 Å². The van der Waals surface area contributed by atoms with Crippen LogP contribution in [0.4, 0.5) is 0 Å². The third-order valence-electron chi connectivity index (χ3n) is 4.19. The summed E-state index contributed by atoms with van der Waals surface area (Å²) in [5.74, 6) is 1.61. The van der Waals surface area contributed by atoms with Crippen LogP contribution >= 0.6 is 0 Å². The molecule has 2 rings (SSSR count). The van der Waals surface area contributed by atoms with Crippen molar-refractivity contribution in [3.05, 3.63) is 35.4 Å². The average molecular weight is 231 g/mol. The minimum atomic E-state index is 0.780. The van der Waals surface area contributed by atoms with Gasteiger partial charge in [-0.2, -0.15) is 0 Å². The fourth-order valence-corrected chi connectivity index (χ4v) is 3.15. The number of benzene rings is 1. The Morgan fingerprint density at radius 1 is 1.12 bits per heavy atom. The van der Waals surface area contributed by atoms with Crippen LogP contribution in [-0.2, 0) is 6.42 Å². The highest BCUT2D eigenvalue weighted by atomic mass is 14.8. The van der Waals surface area contributed by atoms with Gasteiger partial charge in [-0.25, -0.2) is 0 Å². The van der Waals surface area contributed by atoms with Gasteiger partial charge in [0.25, 0.3) is 0 Å². The number of nitrogens with one attached hydrogen (secondary N) is 1. The van der Waals surface area contributed by atoms with Gasteiger partial charge in [-0.3, -0.25) is 0 Å². The lowest BCUT2D eigenvalue weighted by molar-refractivity contribution is 0.301. The third kappa shape index (κ3) is 3.10. The molecule has 0 saturated heterocycles. The molecule has 0 amide bonds. The number of aryl methyl sites for hydroxylation is 1. The Hall–Kier alpha value is -0.820. The van der Waals surface area contributed by atoms with Crippen LogP contribution in [0.2, 0.25) is 0 Å². The zero-order valence-electron chi connectivity index (χ0n) is 11.2. The number of hydrogen-bond donors (Lipinski definition) is 1. The lowest BCUT2D eigenvalue weighted by Gasteiger charge is -2.32. The molecular formula is C16H25N. The summed E-state index contributed by atoms with van der Waals surface area (Å²) in [6.07, 6.45) is 6.72. The minimum Gasteiger partial charge on any atom is -0.319 e. The van der Waals surface area contributed by atoms with Crippen molar-refractivity contribution >= 4 is 0 Å². The van der Waals surface area contributed by atoms with Gasteiger partial charge >= 0.3 is 0 Å². The molecule has 1 fully saturated rings. The van der Waals surface area contributed by atoms with Crippen molar-refractivity contribution in [1.29, 1.82) is 0 Å². The lowest BCUT2D eigenvalue weighted by Crippen LogP contribution is -2.27. The van der Waals surface area contributed by atoms with Gasteiger partial charge in [0.15, 0.2) is 0 Å². The molecule has 0 radical (unpaired) electrons. The number of rotatable bonds is 4. The van der Waals surface area contributed by atoms with Crippen LogP contribution in [0.5, 0.6) is 0 Å². The fraction of sp³-hybridized carbons (Fsp3) is 0.625. The Balaban J connectivity index is 2.11. The molecule has 0 aromatic heterocycles. The monoisotopic (exact) mass is 231 g/mol. The third-order valence-corrected chi connectivity index (χ3v) is 4.19. The van der Waals surface area contributed by atoms with E-state index in [0.717, 1.165) is 18.3 Å². The Labute approximate surface area is 106 Å². The van der Waals surface area contributed by atoms with Crippen molar-refractivity contribution in [2.24, 2.45) is 5.92 Å². The fourth-order valence-electron chi connectivity index (χ4n) is 3.15. The van der Waals surface area contributed by atoms with Gasteiger partial charge in [0.1, 0.15) is 0 Å². The van der Waals surface area contributed by atoms with Gasteiger partial charge in [0.2, 0.25) is 0 Å². The molecule has 1 saturated carbocycles. The van der Waals surface area contributed by atoms with E-state index in [1.165, 1.54) is 37.8 Å². The first-order valence-corrected chi connectivity index (χ1v) is 7.08. The van der Waals surface area contributed by atoms with Crippen molar-refractivity contribution < 1.29 is 0 Å². The minimum absolute atomic E-state index is 0.780. The second kappa shape index (κ2) is 6.20. The molecule has 1 N–H and O–H groups in total. The first-order chi connectivity index (χ1) is 8.35. The van der Waals surface area contributed by atoms with Crippen LogP contribution in [0.3, 0.4) is 0 Å². The van der Waals surface area contributed by atoms with Crippen molar-refractivity contribution in [3.63, 3.8) is 0 Å². The van der Waals surface area contributed by atoms with Crippen LogP contribution in [0, 0.1) is 5.92 Å². The summed E-state index contributed by atoms with van der Waals surface area (Å²) in [5.41, 5.74) is 3.01. The summed E-state index contributed by atoms with van der Waals surface area (Å²) in [5, 5.41) is 3.36. The van der Waals surface area contributed by atoms with E-state index < -0.39 is 0 Å². The highest BCUT2D eigenvalue weighted by Crippen LogP contribution is 2.37. The summed E-state index contributed by atoms with van der Waals surface area (Å²) >= 11 is 0. The molecule has 94 valence electrons. The van der Waals surface area contributed by atoms with E-state index in [1.54, 1.807) is 5.56 Å². The summed E-state index contributed by atoms with van der Waals surface area (Å²) in [6.45, 7) is 3.39. The summed E-state index contributed by atoms with van der Waals surface area (Å²) in [7, 11) is 2.08. The van der Waals surface area contributed by atoms with Crippen LogP contribution in [-0.4, -0.2) is 13.6 Å². The molecule has 1 aromatic rings. The lowest BCUT2D eigenvalue weighted by atomic mass is 9.75. The average Bonchev–Trinajstić information content (AvgIpc) is 2.40. The summed E-state index contributed by atoms with van der Waals surface area (Å²) in [6, 6.07) is 9.33. The van der Waals surface area contributed by atoms with Crippen molar-refractivity contribution in [1.82, 2.24) is 5.32 Å². The molecule has 2 unspecified atom stereocenters. The standard InChI is InChI=1S/C16H25N/c1-3-13-8-10-14(11-9-13)16-7-5-4-6-15(16)12-17-2/h8-11,15-17H,3-7,12H2,1-2H3. The van der Waals surface area contributed by atoms with Crippen LogP contribution in [0.1, 0.15) is 49.7 Å². The number of hydrogen-bond acceptors (Lipinski definition) is 1. The van der Waals surface area contributed by atoms with Gasteiger partial charge < -0.3 is 5.32 Å². The Morgan fingerprint density at radius 2 is 1.82 bits per heavy atom. The largest absolute Gasteiger partial charge is 0.319 e. The molecule has 0 spiro atoms. The van der Waals surface area contributed by atoms with Crippen LogP contribution in [0.15, 0.2) is 24.3 Å². The molecule has 1 nitrogen and oxygen atoms in total. The van der Waals surface area contributed by atoms with Crippen molar-refractivity contribution in [2.45, 2.75) is 44.9 Å². The van der Waals surface area contributed by atoms with E-state index >= 15 is 0 Å². The second-order valence-electron chi connectivity index (χ2n) is 5.30. The smallest absolute Gasteiger partial charge is 0.00177 e. The van der Waals surface area contributed by atoms with E-state index in [9.17, 15) is 0 Å². The Bertz CT molecular complexity index is 326. The molecule has 1 aliphatic carbocycles. The molecule has 0 aliphatic heterocycles. The molecular weight excluding hydrogens is 206 g/mol. The van der Waals surface area contributed by atoms with Gasteiger partial charge in [0, 0.05) is 0 Å². The predicted octanol–water partition coefficient (Wildman–Crippen LogP) is 3.74. The van der Waals surface area contributed by atoms with Gasteiger partial charge in [-0.05, 0) is 55.8 Å². The molecule has 17 heavy (non-hydrogen) atoms. The molecule has 1 heteroatoms. The Morgan fingerprint density at radius 3 is 2.47 bits per heavy atom. The first-order valence-electron chi connectivity index (χ1n) is 7.08. The Kier molecular flexibility index (Phi) is 4.61. The molecule has 2 atom stereocenters. The predicted molar refractivity (Wildman–Crippen MR) is 74.4 cm³/mol. The topological polar surface area (TPSA) is 12.0 Å². The van der Waals surface area contributed by atoms with Crippen LogP contribution < -0.4 is 5.32 Å². The molecule has 0 heterocycles. The van der Waals surface area contributed by atoms with Gasteiger partial charge in [-0.1, -0.05) is 44.0 Å².